The molecule has 0 aliphatic heterocycles. The van der Waals surface area contributed by atoms with Crippen LogP contribution in [-0.4, -0.2) is 144 Å². The van der Waals surface area contributed by atoms with Gasteiger partial charge in [0.1, 0.15) is 68.8 Å². The predicted molar refractivity (Wildman–Crippen MR) is 517 cm³/mol. The number of aliphatic hydroxyl groups excluding tert-OH is 1. The Hall–Kier alpha value is -13.9. The van der Waals surface area contributed by atoms with E-state index >= 15 is 0 Å². The molecule has 10 aromatic rings. The first-order valence-electron chi connectivity index (χ1n) is 43.7. The van der Waals surface area contributed by atoms with E-state index in [9.17, 15) is 49.8 Å². The summed E-state index contributed by atoms with van der Waals surface area (Å²) in [7, 11) is 0. The topological polar surface area (TPSA) is 462 Å². The van der Waals surface area contributed by atoms with Crippen LogP contribution in [0.2, 0.25) is 5.02 Å². The molecule has 5 heterocycles. The number of rotatable bonds is 27. The predicted octanol–water partition coefficient (Wildman–Crippen LogP) is 18.4. The maximum Gasteiger partial charge on any atom is 0.271 e. The molecule has 2 saturated carbocycles. The maximum atomic E-state index is 12.9. The average molecular weight is 1830 g/mol. The summed E-state index contributed by atoms with van der Waals surface area (Å²) in [6.45, 7) is 36.8. The molecule has 1 unspecified atom stereocenters. The van der Waals surface area contributed by atoms with E-state index in [-0.39, 0.29) is 123 Å². The van der Waals surface area contributed by atoms with Gasteiger partial charge in [-0.2, -0.15) is 62.3 Å². The minimum atomic E-state index is -1.07. The van der Waals surface area contributed by atoms with Crippen molar-refractivity contribution >= 4 is 41.1 Å². The quantitative estimate of drug-likeness (QED) is 0.0237. The molecule has 133 heavy (non-hydrogen) atoms. The summed E-state index contributed by atoms with van der Waals surface area (Å²) in [5, 5.41) is 131. The Balaban J connectivity index is 0.000000293. The van der Waals surface area contributed by atoms with Crippen LogP contribution in [0.5, 0.6) is 0 Å². The molecule has 5 amide bonds. The van der Waals surface area contributed by atoms with Crippen molar-refractivity contribution in [3.63, 3.8) is 0 Å². The number of aryl methyl sites for hydroxylation is 2. The standard InChI is InChI=1S/C21H28N4O2.C21H24N4O.C20H23N5O2.C20H23N5O.C17H19ClN4O2.3CH4/c1-6-14(3)25-19(20(26)23-13-21(4,5)27)17(7-2)18(24-25)16-10-8-15(12-22)9-11-16;1-14-19(17-10-8-15(12-22)9-11-17)24-25(18-4-2-3-5-18)20(14)21(26)23-13-16-6-7-16;1-12(2)25-18(19(26)23-11-20(4,5)27)16(10-22)17(24-25)14-6-7-15(9-21)13(3)8-14;1-12(2)11-23-20(26)19-17(10-22)18(24-25(19)13(3)4)15-6-7-16(9-21)14(5)8-15;1-10(2)22-16(17(24)20-9-11(3)23)14(18)15(21-22)13-6-4-12(8-19)5-7-13;;;/h8-11,14,27H,6-7,13H2,1-5H3,(H,23,26);8-11,16,18H,2-7,13H2,1H3,(H,23,26);6-8,12,27H,11H2,1-5H3,(H,23,26);6-8,12-13H,11H2,1-5H3,(H,23,26);4-7,10-11,23H,9H2,1-3H3,(H,20,24);3*1H4/t;;;;11-;;;/m....0.../s1. The van der Waals surface area contributed by atoms with Crippen molar-refractivity contribution in [3.8, 4) is 98.8 Å². The van der Waals surface area contributed by atoms with Crippen molar-refractivity contribution in [2.75, 3.05) is 32.7 Å². The summed E-state index contributed by atoms with van der Waals surface area (Å²) in [5.74, 6) is -0.433. The molecule has 2 fully saturated rings. The fraction of sp³-hybridized carbons (Fsp3) is 0.441. The lowest BCUT2D eigenvalue weighted by molar-refractivity contribution is 0.0687. The number of hydrogen-bond donors (Lipinski definition) is 8. The van der Waals surface area contributed by atoms with E-state index in [4.69, 9.17) is 48.1 Å². The third kappa shape index (κ3) is 28.3. The number of nitriles is 7. The highest BCUT2D eigenvalue weighted by atomic mass is 35.5. The van der Waals surface area contributed by atoms with Gasteiger partial charge in [0.15, 0.2) is 0 Å². The van der Waals surface area contributed by atoms with Crippen LogP contribution in [-0.2, 0) is 6.42 Å². The van der Waals surface area contributed by atoms with Crippen molar-refractivity contribution in [3.05, 3.63) is 204 Å². The van der Waals surface area contributed by atoms with Gasteiger partial charge < -0.3 is 41.9 Å². The molecule has 0 spiro atoms. The maximum absolute atomic E-state index is 12.9. The summed E-state index contributed by atoms with van der Waals surface area (Å²) in [6, 6.07) is 46.8. The van der Waals surface area contributed by atoms with Gasteiger partial charge in [-0.3, -0.25) is 47.4 Å². The highest BCUT2D eigenvalue weighted by Crippen LogP contribution is 2.38. The largest absolute Gasteiger partial charge is 0.392 e. The average Bonchev–Trinajstić information content (AvgIpc) is 1.65. The van der Waals surface area contributed by atoms with E-state index in [2.05, 4.69) is 91.3 Å². The molecule has 8 N–H and O–H groups in total. The lowest BCUT2D eigenvalue weighted by atomic mass is 10.0. The first-order valence-corrected chi connectivity index (χ1v) is 44.1. The molecule has 0 radical (unpaired) electrons. The molecule has 2 aliphatic rings. The van der Waals surface area contributed by atoms with Crippen LogP contribution in [0.25, 0.3) is 56.3 Å². The van der Waals surface area contributed by atoms with Gasteiger partial charge in [-0.05, 0) is 226 Å². The summed E-state index contributed by atoms with van der Waals surface area (Å²) < 4.78 is 8.43. The van der Waals surface area contributed by atoms with Crippen LogP contribution in [0.3, 0.4) is 0 Å². The van der Waals surface area contributed by atoms with Gasteiger partial charge in [0.25, 0.3) is 29.5 Å². The molecule has 5 aromatic heterocycles. The molecule has 2 atom stereocenters. The molecule has 702 valence electrons. The van der Waals surface area contributed by atoms with Gasteiger partial charge in [0.2, 0.25) is 0 Å². The van der Waals surface area contributed by atoms with Crippen LogP contribution in [0.1, 0.15) is 322 Å². The van der Waals surface area contributed by atoms with E-state index in [1.807, 2.05) is 125 Å². The highest BCUT2D eigenvalue weighted by Gasteiger charge is 2.34. The Labute approximate surface area is 788 Å². The first-order chi connectivity index (χ1) is 61.6. The molecule has 2 aliphatic carbocycles. The van der Waals surface area contributed by atoms with E-state index < -0.39 is 23.2 Å². The van der Waals surface area contributed by atoms with Crippen molar-refractivity contribution in [2.45, 2.75) is 253 Å². The second kappa shape index (κ2) is 49.4. The number of amides is 5. The van der Waals surface area contributed by atoms with Gasteiger partial charge in [-0.1, -0.05) is 123 Å². The second-order valence-electron chi connectivity index (χ2n) is 35.1. The molecule has 0 saturated heterocycles. The van der Waals surface area contributed by atoms with E-state index in [0.717, 1.165) is 81.7 Å². The van der Waals surface area contributed by atoms with E-state index in [1.54, 1.807) is 128 Å². The lowest BCUT2D eigenvalue weighted by Crippen LogP contribution is -2.39. The van der Waals surface area contributed by atoms with Gasteiger partial charge in [0.05, 0.1) is 97.9 Å². The first kappa shape index (κ1) is 110. The van der Waals surface area contributed by atoms with Crippen molar-refractivity contribution in [2.24, 2.45) is 11.8 Å². The van der Waals surface area contributed by atoms with Crippen LogP contribution in [0, 0.1) is 112 Å². The normalized spacial score (nSPS) is 12.4. The van der Waals surface area contributed by atoms with Crippen LogP contribution < -0.4 is 26.6 Å². The minimum Gasteiger partial charge on any atom is -0.392 e. The Morgan fingerprint density at radius 1 is 0.444 bits per heavy atom. The van der Waals surface area contributed by atoms with Gasteiger partial charge in [0, 0.05) is 95.8 Å². The summed E-state index contributed by atoms with van der Waals surface area (Å²) in [5.41, 5.74) is 13.4. The third-order valence-corrected chi connectivity index (χ3v) is 21.9. The zero-order chi connectivity index (χ0) is 95.9. The molecule has 5 aromatic carbocycles. The number of nitrogens with zero attached hydrogens (tertiary/aromatic N) is 17. The minimum absolute atomic E-state index is 0. The zero-order valence-corrected chi connectivity index (χ0v) is 78.3. The Bertz CT molecular complexity index is 6030. The van der Waals surface area contributed by atoms with Crippen molar-refractivity contribution < 1.29 is 39.3 Å². The number of hydrogen-bond acceptors (Lipinski definition) is 20. The number of aliphatic hydroxyl groups is 3. The smallest absolute Gasteiger partial charge is 0.271 e. The number of carbonyl (C=O) groups is 5. The van der Waals surface area contributed by atoms with Crippen LogP contribution in [0.15, 0.2) is 109 Å². The SMILES string of the molecule is C.C.C.CC(C)n1nc(-c2ccc(C#N)cc2)c(Cl)c1C(=O)NC[C@H](C)O.CCc1c(-c2ccc(C#N)cc2)nn(C(C)CC)c1C(=O)NCC(C)(C)O.Cc1c(-c2ccc(C#N)cc2)nn(C2CCCC2)c1C(=O)NCC1CC1.Cc1cc(-c2nn(C(C)C)c(C(=O)NCC(C)(C)O)c2C#N)ccc1C#N.Cc1cc(-c2nn(C(C)C)c(C(=O)NCC(C)C)c2C#N)ccc1C#N. The zero-order valence-electron chi connectivity index (χ0n) is 77.6. The highest BCUT2D eigenvalue weighted by molar-refractivity contribution is 6.36. The van der Waals surface area contributed by atoms with Gasteiger partial charge >= 0.3 is 0 Å². The number of nitrogens with one attached hydrogen (secondary N) is 5. The number of carbonyl (C=O) groups excluding carboxylic acids is 5. The monoisotopic (exact) mass is 1830 g/mol. The van der Waals surface area contributed by atoms with Crippen molar-refractivity contribution in [1.82, 2.24) is 75.5 Å². The molecular weight excluding hydrogens is 1700 g/mol. The molecule has 12 rings (SSSR count). The number of aromatic nitrogens is 10. The number of benzene rings is 5. The molecule has 0 bridgehead atoms. The Kier molecular flexibility index (Phi) is 40.7. The van der Waals surface area contributed by atoms with E-state index in [0.29, 0.717) is 92.7 Å². The number of halogens is 1. The van der Waals surface area contributed by atoms with Gasteiger partial charge in [-0.25, -0.2) is 0 Å². The summed E-state index contributed by atoms with van der Waals surface area (Å²) in [6.07, 6.45) is 7.82. The fourth-order valence-electron chi connectivity index (χ4n) is 14.2. The Morgan fingerprint density at radius 2 is 0.812 bits per heavy atom. The molecular formula is C102H129ClN22O8. The third-order valence-electron chi connectivity index (χ3n) is 21.6. The lowest BCUT2D eigenvalue weighted by Gasteiger charge is -2.19. The van der Waals surface area contributed by atoms with Crippen LogP contribution >= 0.6 is 11.6 Å². The van der Waals surface area contributed by atoms with Crippen molar-refractivity contribution in [1.29, 1.82) is 36.8 Å². The summed E-state index contributed by atoms with van der Waals surface area (Å²) >= 11 is 6.42. The summed E-state index contributed by atoms with van der Waals surface area (Å²) in [4.78, 5) is 63.7. The second-order valence-corrected chi connectivity index (χ2v) is 35.5. The Morgan fingerprint density at radius 3 is 1.18 bits per heavy atom. The van der Waals surface area contributed by atoms with Crippen LogP contribution in [0.4, 0.5) is 0 Å². The fourth-order valence-corrected chi connectivity index (χ4v) is 14.5. The molecule has 31 heteroatoms. The molecule has 30 nitrogen and oxygen atoms in total. The van der Waals surface area contributed by atoms with E-state index in [1.165, 1.54) is 30.4 Å². The van der Waals surface area contributed by atoms with Gasteiger partial charge in [-0.15, -0.1) is 0 Å².